The fraction of sp³-hybridized carbons (Fsp3) is 0.824. The van der Waals surface area contributed by atoms with E-state index < -0.39 is 0 Å². The van der Waals surface area contributed by atoms with E-state index in [0.29, 0.717) is 17.1 Å². The smallest absolute Gasteiger partial charge is 0.321 e. The van der Waals surface area contributed by atoms with Crippen LogP contribution in [-0.4, -0.2) is 59.9 Å². The highest BCUT2D eigenvalue weighted by Gasteiger charge is 2.20. The second kappa shape index (κ2) is 8.80. The van der Waals surface area contributed by atoms with Crippen LogP contribution in [0.1, 0.15) is 46.0 Å². The molecule has 1 aromatic rings. The SMILES string of the molecule is CC(C)CN1CCCN(c2nnc(NC(=O)NC3CCCC3)s2)CC1. The minimum atomic E-state index is -0.159. The summed E-state index contributed by atoms with van der Waals surface area (Å²) in [6.45, 7) is 9.85. The average Bonchev–Trinajstić information content (AvgIpc) is 3.17. The van der Waals surface area contributed by atoms with Crippen molar-refractivity contribution in [3.8, 4) is 0 Å². The van der Waals surface area contributed by atoms with E-state index in [0.717, 1.165) is 57.1 Å². The summed E-state index contributed by atoms with van der Waals surface area (Å²) in [5, 5.41) is 15.8. The summed E-state index contributed by atoms with van der Waals surface area (Å²) in [4.78, 5) is 16.9. The van der Waals surface area contributed by atoms with Crippen LogP contribution < -0.4 is 15.5 Å². The molecular formula is C17H30N6OS. The van der Waals surface area contributed by atoms with Gasteiger partial charge in [-0.1, -0.05) is 38.0 Å². The van der Waals surface area contributed by atoms with Crippen LogP contribution in [0.25, 0.3) is 0 Å². The lowest BCUT2D eigenvalue weighted by atomic mass is 10.2. The molecule has 25 heavy (non-hydrogen) atoms. The second-order valence-corrected chi connectivity index (χ2v) is 8.46. The Bertz CT molecular complexity index is 557. The molecule has 1 aromatic heterocycles. The maximum absolute atomic E-state index is 12.1. The lowest BCUT2D eigenvalue weighted by molar-refractivity contribution is 0.248. The lowest BCUT2D eigenvalue weighted by Crippen LogP contribution is -2.36. The van der Waals surface area contributed by atoms with E-state index in [4.69, 9.17) is 0 Å². The number of nitrogens with zero attached hydrogens (tertiary/aromatic N) is 4. The lowest BCUT2D eigenvalue weighted by Gasteiger charge is -2.22. The van der Waals surface area contributed by atoms with Crippen LogP contribution in [0, 0.1) is 5.92 Å². The molecule has 0 radical (unpaired) electrons. The van der Waals surface area contributed by atoms with E-state index in [2.05, 4.69) is 44.5 Å². The largest absolute Gasteiger partial charge is 0.345 e. The van der Waals surface area contributed by atoms with Gasteiger partial charge in [0.25, 0.3) is 0 Å². The molecule has 0 atom stereocenters. The third-order valence-electron chi connectivity index (χ3n) is 4.81. The molecule has 2 aliphatic rings. The van der Waals surface area contributed by atoms with Crippen molar-refractivity contribution < 1.29 is 4.79 Å². The van der Waals surface area contributed by atoms with Gasteiger partial charge in [0, 0.05) is 32.2 Å². The summed E-state index contributed by atoms with van der Waals surface area (Å²) in [6, 6.07) is 0.151. The van der Waals surface area contributed by atoms with Crippen molar-refractivity contribution in [3.05, 3.63) is 0 Å². The molecule has 0 bridgehead atoms. The monoisotopic (exact) mass is 366 g/mol. The first kappa shape index (κ1) is 18.4. The second-order valence-electron chi connectivity index (χ2n) is 7.50. The molecule has 3 rings (SSSR count). The predicted octanol–water partition coefficient (Wildman–Crippen LogP) is 2.77. The molecule has 1 saturated carbocycles. The van der Waals surface area contributed by atoms with Crippen molar-refractivity contribution in [2.24, 2.45) is 5.92 Å². The summed E-state index contributed by atoms with van der Waals surface area (Å²) >= 11 is 1.46. The molecule has 0 unspecified atom stereocenters. The summed E-state index contributed by atoms with van der Waals surface area (Å²) in [7, 11) is 0. The van der Waals surface area contributed by atoms with Gasteiger partial charge in [-0.25, -0.2) is 4.79 Å². The summed E-state index contributed by atoms with van der Waals surface area (Å²) in [5.41, 5.74) is 0. The van der Waals surface area contributed by atoms with Gasteiger partial charge >= 0.3 is 6.03 Å². The molecule has 140 valence electrons. The summed E-state index contributed by atoms with van der Waals surface area (Å²) < 4.78 is 0. The average molecular weight is 367 g/mol. The standard InChI is InChI=1S/C17H30N6OS/c1-13(2)12-22-8-5-9-23(11-10-22)17-21-20-16(25-17)19-15(24)18-14-6-3-4-7-14/h13-14H,3-12H2,1-2H3,(H2,18,19,20,24). The zero-order valence-electron chi connectivity index (χ0n) is 15.3. The fourth-order valence-corrected chi connectivity index (χ4v) is 4.44. The van der Waals surface area contributed by atoms with Gasteiger partial charge in [-0.2, -0.15) is 0 Å². The van der Waals surface area contributed by atoms with Gasteiger partial charge in [0.15, 0.2) is 0 Å². The van der Waals surface area contributed by atoms with Gasteiger partial charge in [-0.3, -0.25) is 5.32 Å². The topological polar surface area (TPSA) is 73.4 Å². The Labute approximate surface area is 154 Å². The Morgan fingerprint density at radius 1 is 1.16 bits per heavy atom. The molecule has 1 saturated heterocycles. The number of amides is 2. The van der Waals surface area contributed by atoms with E-state index in [1.165, 1.54) is 24.2 Å². The van der Waals surface area contributed by atoms with E-state index in [1.54, 1.807) is 0 Å². The third-order valence-corrected chi connectivity index (χ3v) is 5.71. The third kappa shape index (κ3) is 5.54. The quantitative estimate of drug-likeness (QED) is 0.838. The molecule has 2 fully saturated rings. The number of anilines is 2. The maximum Gasteiger partial charge on any atom is 0.321 e. The summed E-state index contributed by atoms with van der Waals surface area (Å²) in [6.07, 6.45) is 5.70. The van der Waals surface area contributed by atoms with Crippen LogP contribution in [0.2, 0.25) is 0 Å². The molecular weight excluding hydrogens is 336 g/mol. The Hall–Kier alpha value is -1.41. The molecule has 1 aliphatic heterocycles. The molecule has 1 aliphatic carbocycles. The first-order chi connectivity index (χ1) is 12.1. The number of carbonyl (C=O) groups excluding carboxylic acids is 1. The number of aromatic nitrogens is 2. The fourth-order valence-electron chi connectivity index (χ4n) is 3.64. The van der Waals surface area contributed by atoms with Crippen LogP contribution in [0.4, 0.5) is 15.1 Å². The van der Waals surface area contributed by atoms with Crippen molar-refractivity contribution in [1.82, 2.24) is 20.4 Å². The molecule has 2 amide bonds. The predicted molar refractivity (Wildman–Crippen MR) is 102 cm³/mol. The Morgan fingerprint density at radius 2 is 1.96 bits per heavy atom. The molecule has 0 spiro atoms. The Kier molecular flexibility index (Phi) is 6.47. The molecule has 2 heterocycles. The molecule has 8 heteroatoms. The normalized spacial score (nSPS) is 20.0. The van der Waals surface area contributed by atoms with Crippen molar-refractivity contribution >= 4 is 27.6 Å². The van der Waals surface area contributed by atoms with Crippen LogP contribution in [0.15, 0.2) is 0 Å². The zero-order valence-corrected chi connectivity index (χ0v) is 16.1. The first-order valence-corrected chi connectivity index (χ1v) is 10.3. The van der Waals surface area contributed by atoms with Gasteiger partial charge in [-0.15, -0.1) is 10.2 Å². The van der Waals surface area contributed by atoms with Gasteiger partial charge in [0.1, 0.15) is 0 Å². The van der Waals surface area contributed by atoms with Gasteiger partial charge in [-0.05, 0) is 31.7 Å². The minimum absolute atomic E-state index is 0.159. The molecule has 2 N–H and O–H groups in total. The Morgan fingerprint density at radius 3 is 2.72 bits per heavy atom. The first-order valence-electron chi connectivity index (χ1n) is 9.48. The van der Waals surface area contributed by atoms with Crippen molar-refractivity contribution in [2.45, 2.75) is 52.0 Å². The highest BCUT2D eigenvalue weighted by atomic mass is 32.1. The molecule has 7 nitrogen and oxygen atoms in total. The zero-order chi connectivity index (χ0) is 17.6. The number of carbonyl (C=O) groups is 1. The number of urea groups is 1. The van der Waals surface area contributed by atoms with Crippen LogP contribution in [0.5, 0.6) is 0 Å². The van der Waals surface area contributed by atoms with E-state index in [-0.39, 0.29) is 6.03 Å². The molecule has 0 aromatic carbocycles. The Balaban J connectivity index is 1.49. The van der Waals surface area contributed by atoms with Crippen molar-refractivity contribution in [1.29, 1.82) is 0 Å². The van der Waals surface area contributed by atoms with E-state index in [9.17, 15) is 4.79 Å². The van der Waals surface area contributed by atoms with Crippen LogP contribution in [-0.2, 0) is 0 Å². The van der Waals surface area contributed by atoms with E-state index in [1.807, 2.05) is 0 Å². The van der Waals surface area contributed by atoms with Crippen molar-refractivity contribution in [2.75, 3.05) is 42.9 Å². The minimum Gasteiger partial charge on any atom is -0.345 e. The number of nitrogens with one attached hydrogen (secondary N) is 2. The van der Waals surface area contributed by atoms with Crippen LogP contribution >= 0.6 is 11.3 Å². The van der Waals surface area contributed by atoms with Gasteiger partial charge < -0.3 is 15.1 Å². The number of hydrogen-bond donors (Lipinski definition) is 2. The highest BCUT2D eigenvalue weighted by Crippen LogP contribution is 2.25. The highest BCUT2D eigenvalue weighted by molar-refractivity contribution is 7.19. The summed E-state index contributed by atoms with van der Waals surface area (Å²) in [5.74, 6) is 0.697. The number of rotatable bonds is 5. The number of hydrogen-bond acceptors (Lipinski definition) is 6. The van der Waals surface area contributed by atoms with Crippen molar-refractivity contribution in [3.63, 3.8) is 0 Å². The maximum atomic E-state index is 12.1. The van der Waals surface area contributed by atoms with E-state index >= 15 is 0 Å². The van der Waals surface area contributed by atoms with Gasteiger partial charge in [0.05, 0.1) is 0 Å². The van der Waals surface area contributed by atoms with Gasteiger partial charge in [0.2, 0.25) is 10.3 Å². The van der Waals surface area contributed by atoms with Crippen LogP contribution in [0.3, 0.4) is 0 Å².